The molecule has 1 amide bonds. The smallest absolute Gasteiger partial charge is 0.326 e. The number of amides is 1. The van der Waals surface area contributed by atoms with Crippen LogP contribution in [-0.4, -0.2) is 60.4 Å². The van der Waals surface area contributed by atoms with Crippen molar-refractivity contribution in [3.8, 4) is 0 Å². The number of nitrogens with zero attached hydrogens (tertiary/aromatic N) is 1. The Balaban J connectivity index is 1.68. The largest absolute Gasteiger partial charge is 0.480 e. The third kappa shape index (κ3) is 4.18. The van der Waals surface area contributed by atoms with E-state index in [1.165, 1.54) is 4.90 Å². The van der Waals surface area contributed by atoms with E-state index in [9.17, 15) is 9.59 Å². The molecule has 0 saturated carbocycles. The first kappa shape index (κ1) is 15.3. The van der Waals surface area contributed by atoms with E-state index in [-0.39, 0.29) is 18.4 Å². The quantitative estimate of drug-likeness (QED) is 0.738. The fourth-order valence-electron chi connectivity index (χ4n) is 2.78. The number of rotatable bonds is 6. The van der Waals surface area contributed by atoms with Crippen molar-refractivity contribution in [2.75, 3.05) is 26.4 Å². The number of carboxylic acid groups (broad SMARTS) is 1. The molecule has 0 unspecified atom stereocenters. The SMILES string of the molecule is O=C(O)[C@@H]1CCCCN1C(=O)CCOC[C@H]1CCCO1. The number of carbonyl (C=O) groups is 2. The van der Waals surface area contributed by atoms with Gasteiger partial charge in [0, 0.05) is 13.2 Å². The van der Waals surface area contributed by atoms with Gasteiger partial charge in [-0.2, -0.15) is 0 Å². The fourth-order valence-corrected chi connectivity index (χ4v) is 2.78. The first-order chi connectivity index (χ1) is 9.68. The van der Waals surface area contributed by atoms with Gasteiger partial charge in [-0.15, -0.1) is 0 Å². The van der Waals surface area contributed by atoms with Gasteiger partial charge in [0.1, 0.15) is 6.04 Å². The Labute approximate surface area is 119 Å². The van der Waals surface area contributed by atoms with E-state index in [2.05, 4.69) is 0 Å². The van der Waals surface area contributed by atoms with E-state index in [0.29, 0.717) is 26.2 Å². The molecule has 20 heavy (non-hydrogen) atoms. The number of aliphatic carboxylic acids is 1. The fraction of sp³-hybridized carbons (Fsp3) is 0.857. The minimum absolute atomic E-state index is 0.121. The molecule has 2 rings (SSSR count). The Bertz CT molecular complexity index is 340. The third-order valence-corrected chi connectivity index (χ3v) is 3.90. The highest BCUT2D eigenvalue weighted by atomic mass is 16.5. The lowest BCUT2D eigenvalue weighted by Crippen LogP contribution is -2.48. The zero-order chi connectivity index (χ0) is 14.4. The van der Waals surface area contributed by atoms with Gasteiger partial charge in [0.15, 0.2) is 0 Å². The predicted molar refractivity (Wildman–Crippen MR) is 71.4 cm³/mol. The number of carbonyl (C=O) groups excluding carboxylic acids is 1. The first-order valence-electron chi connectivity index (χ1n) is 7.40. The van der Waals surface area contributed by atoms with Crippen molar-refractivity contribution in [2.24, 2.45) is 0 Å². The number of hydrogen-bond acceptors (Lipinski definition) is 4. The van der Waals surface area contributed by atoms with Crippen molar-refractivity contribution < 1.29 is 24.2 Å². The zero-order valence-electron chi connectivity index (χ0n) is 11.8. The monoisotopic (exact) mass is 285 g/mol. The van der Waals surface area contributed by atoms with Crippen molar-refractivity contribution >= 4 is 11.9 Å². The average Bonchev–Trinajstić information content (AvgIpc) is 2.96. The van der Waals surface area contributed by atoms with Crippen molar-refractivity contribution in [3.63, 3.8) is 0 Å². The van der Waals surface area contributed by atoms with E-state index in [1.807, 2.05) is 0 Å². The summed E-state index contributed by atoms with van der Waals surface area (Å²) in [6, 6.07) is -0.658. The molecule has 0 aromatic carbocycles. The maximum atomic E-state index is 12.1. The molecule has 0 aliphatic carbocycles. The molecule has 1 N–H and O–H groups in total. The van der Waals surface area contributed by atoms with Crippen LogP contribution in [0.15, 0.2) is 0 Å². The molecule has 2 aliphatic rings. The van der Waals surface area contributed by atoms with Crippen LogP contribution in [0.25, 0.3) is 0 Å². The van der Waals surface area contributed by atoms with Crippen molar-refractivity contribution in [3.05, 3.63) is 0 Å². The number of carboxylic acids is 1. The maximum absolute atomic E-state index is 12.1. The molecule has 2 heterocycles. The third-order valence-electron chi connectivity index (χ3n) is 3.90. The molecule has 2 fully saturated rings. The van der Waals surface area contributed by atoms with Crippen LogP contribution >= 0.6 is 0 Å². The van der Waals surface area contributed by atoms with Gasteiger partial charge in [0.05, 0.1) is 25.7 Å². The Morgan fingerprint density at radius 2 is 2.10 bits per heavy atom. The van der Waals surface area contributed by atoms with Crippen LogP contribution in [0, 0.1) is 0 Å². The highest BCUT2D eigenvalue weighted by Crippen LogP contribution is 2.18. The zero-order valence-corrected chi connectivity index (χ0v) is 11.8. The molecule has 2 atom stereocenters. The molecule has 6 heteroatoms. The average molecular weight is 285 g/mol. The van der Waals surface area contributed by atoms with Gasteiger partial charge >= 0.3 is 5.97 Å². The first-order valence-corrected chi connectivity index (χ1v) is 7.40. The molecule has 0 spiro atoms. The summed E-state index contributed by atoms with van der Waals surface area (Å²) >= 11 is 0. The van der Waals surface area contributed by atoms with Crippen LogP contribution in [0.4, 0.5) is 0 Å². The van der Waals surface area contributed by atoms with E-state index in [1.54, 1.807) is 0 Å². The van der Waals surface area contributed by atoms with E-state index in [4.69, 9.17) is 14.6 Å². The second kappa shape index (κ2) is 7.59. The second-order valence-corrected chi connectivity index (χ2v) is 5.40. The lowest BCUT2D eigenvalue weighted by atomic mass is 10.0. The summed E-state index contributed by atoms with van der Waals surface area (Å²) in [5, 5.41) is 9.13. The summed E-state index contributed by atoms with van der Waals surface area (Å²) < 4.78 is 10.9. The number of ether oxygens (including phenoxy) is 2. The molecule has 2 aliphatic heterocycles. The van der Waals surface area contributed by atoms with Gasteiger partial charge in [-0.1, -0.05) is 0 Å². The number of piperidine rings is 1. The minimum Gasteiger partial charge on any atom is -0.480 e. The molecule has 0 radical (unpaired) electrons. The van der Waals surface area contributed by atoms with Gasteiger partial charge in [-0.05, 0) is 32.1 Å². The molecule has 0 bridgehead atoms. The summed E-state index contributed by atoms with van der Waals surface area (Å²) in [5.74, 6) is -1.03. The Morgan fingerprint density at radius 3 is 2.80 bits per heavy atom. The van der Waals surface area contributed by atoms with Crippen LogP contribution < -0.4 is 0 Å². The van der Waals surface area contributed by atoms with Crippen LogP contribution in [0.3, 0.4) is 0 Å². The molecule has 114 valence electrons. The molecule has 0 aromatic heterocycles. The maximum Gasteiger partial charge on any atom is 0.326 e. The summed E-state index contributed by atoms with van der Waals surface area (Å²) in [4.78, 5) is 24.7. The molecule has 0 aromatic rings. The van der Waals surface area contributed by atoms with Crippen LogP contribution in [0.2, 0.25) is 0 Å². The topological polar surface area (TPSA) is 76.1 Å². The normalized spacial score (nSPS) is 26.7. The van der Waals surface area contributed by atoms with Crippen molar-refractivity contribution in [2.45, 2.75) is 50.7 Å². The van der Waals surface area contributed by atoms with Crippen LogP contribution in [-0.2, 0) is 19.1 Å². The van der Waals surface area contributed by atoms with E-state index >= 15 is 0 Å². The lowest BCUT2D eigenvalue weighted by molar-refractivity contribution is -0.152. The Hall–Kier alpha value is -1.14. The number of likely N-dealkylation sites (tertiary alicyclic amines) is 1. The number of hydrogen-bond donors (Lipinski definition) is 1. The molecular weight excluding hydrogens is 262 g/mol. The summed E-state index contributed by atoms with van der Waals surface area (Å²) in [5.41, 5.74) is 0. The highest BCUT2D eigenvalue weighted by Gasteiger charge is 2.31. The Kier molecular flexibility index (Phi) is 5.79. The van der Waals surface area contributed by atoms with Crippen molar-refractivity contribution in [1.82, 2.24) is 4.90 Å². The summed E-state index contributed by atoms with van der Waals surface area (Å²) in [7, 11) is 0. The van der Waals surface area contributed by atoms with Gasteiger partial charge in [-0.25, -0.2) is 4.79 Å². The molecule has 2 saturated heterocycles. The van der Waals surface area contributed by atoms with Gasteiger partial charge in [-0.3, -0.25) is 4.79 Å². The highest BCUT2D eigenvalue weighted by molar-refractivity contribution is 5.83. The van der Waals surface area contributed by atoms with Crippen LogP contribution in [0.1, 0.15) is 38.5 Å². The van der Waals surface area contributed by atoms with Gasteiger partial charge < -0.3 is 19.5 Å². The van der Waals surface area contributed by atoms with E-state index < -0.39 is 12.0 Å². The molecular formula is C14H23NO5. The lowest BCUT2D eigenvalue weighted by Gasteiger charge is -2.33. The minimum atomic E-state index is -0.904. The summed E-state index contributed by atoms with van der Waals surface area (Å²) in [6.45, 7) is 2.19. The van der Waals surface area contributed by atoms with Crippen molar-refractivity contribution in [1.29, 1.82) is 0 Å². The van der Waals surface area contributed by atoms with Crippen LogP contribution in [0.5, 0.6) is 0 Å². The Morgan fingerprint density at radius 1 is 1.25 bits per heavy atom. The van der Waals surface area contributed by atoms with Gasteiger partial charge in [0.2, 0.25) is 5.91 Å². The standard InChI is InChI=1S/C14H23NO5/c16-13(6-9-19-10-11-4-3-8-20-11)15-7-2-1-5-12(15)14(17)18/h11-12H,1-10H2,(H,17,18)/t11-,12+/m1/s1. The van der Waals surface area contributed by atoms with E-state index in [0.717, 1.165) is 32.3 Å². The second-order valence-electron chi connectivity index (χ2n) is 5.40. The predicted octanol–water partition coefficient (Wildman–Crippen LogP) is 1.04. The summed E-state index contributed by atoms with van der Waals surface area (Å²) in [6.07, 6.45) is 4.80. The molecule has 6 nitrogen and oxygen atoms in total. The van der Waals surface area contributed by atoms with Gasteiger partial charge in [0.25, 0.3) is 0 Å².